The van der Waals surface area contributed by atoms with Crippen molar-refractivity contribution in [3.8, 4) is 0 Å². The molecule has 1 heterocycles. The normalized spacial score (nSPS) is 14.8. The van der Waals surface area contributed by atoms with Crippen molar-refractivity contribution < 1.29 is 0 Å². The molecular weight excluding hydrogens is 274 g/mol. The van der Waals surface area contributed by atoms with Crippen LogP contribution >= 0.6 is 28.1 Å². The van der Waals surface area contributed by atoms with Gasteiger partial charge in [0.05, 0.1) is 0 Å². The van der Waals surface area contributed by atoms with Gasteiger partial charge in [0.2, 0.25) is 0 Å². The van der Waals surface area contributed by atoms with E-state index < -0.39 is 0 Å². The van der Waals surface area contributed by atoms with Gasteiger partial charge < -0.3 is 10.6 Å². The first-order chi connectivity index (χ1) is 7.15. The van der Waals surface area contributed by atoms with Crippen LogP contribution in [0.15, 0.2) is 16.7 Å². The molecule has 0 radical (unpaired) electrons. The lowest BCUT2D eigenvalue weighted by atomic mass is 10.3. The van der Waals surface area contributed by atoms with E-state index in [0.717, 1.165) is 15.9 Å². The Bertz CT molecular complexity index is 390. The molecule has 0 amide bonds. The van der Waals surface area contributed by atoms with Gasteiger partial charge in [0, 0.05) is 16.7 Å². The van der Waals surface area contributed by atoms with Crippen LogP contribution in [0, 0.1) is 6.92 Å². The topological polar surface area (TPSA) is 37.0 Å². The van der Waals surface area contributed by atoms with Crippen molar-refractivity contribution >= 4 is 39.1 Å². The molecule has 80 valence electrons. The SMILES string of the molecule is Cc1cc(Br)cnc1NC(=S)NC1CC1. The van der Waals surface area contributed by atoms with Crippen molar-refractivity contribution in [3.63, 3.8) is 0 Å². The van der Waals surface area contributed by atoms with Gasteiger partial charge in [-0.25, -0.2) is 4.98 Å². The second-order valence-corrected chi connectivity index (χ2v) is 5.02. The Kier molecular flexibility index (Phi) is 3.21. The molecule has 5 heteroatoms. The van der Waals surface area contributed by atoms with Crippen LogP contribution in [-0.4, -0.2) is 16.1 Å². The summed E-state index contributed by atoms with van der Waals surface area (Å²) in [6.07, 6.45) is 4.19. The lowest BCUT2D eigenvalue weighted by molar-refractivity contribution is 0.918. The monoisotopic (exact) mass is 285 g/mol. The molecule has 2 N–H and O–H groups in total. The van der Waals surface area contributed by atoms with E-state index in [4.69, 9.17) is 12.2 Å². The van der Waals surface area contributed by atoms with Crippen LogP contribution in [0.2, 0.25) is 0 Å². The number of rotatable bonds is 2. The van der Waals surface area contributed by atoms with Crippen LogP contribution in [0.25, 0.3) is 0 Å². The van der Waals surface area contributed by atoms with Gasteiger partial charge in [0.25, 0.3) is 0 Å². The van der Waals surface area contributed by atoms with E-state index in [1.54, 1.807) is 6.20 Å². The van der Waals surface area contributed by atoms with Gasteiger partial charge >= 0.3 is 0 Å². The number of halogens is 1. The molecule has 1 saturated carbocycles. The number of nitrogens with one attached hydrogen (secondary N) is 2. The van der Waals surface area contributed by atoms with Gasteiger partial charge in [-0.15, -0.1) is 0 Å². The summed E-state index contributed by atoms with van der Waals surface area (Å²) < 4.78 is 0.978. The molecule has 0 saturated heterocycles. The molecule has 1 fully saturated rings. The van der Waals surface area contributed by atoms with Crippen LogP contribution in [-0.2, 0) is 0 Å². The van der Waals surface area contributed by atoms with Crippen LogP contribution in [0.4, 0.5) is 5.82 Å². The van der Waals surface area contributed by atoms with Crippen molar-refractivity contribution in [2.24, 2.45) is 0 Å². The van der Waals surface area contributed by atoms with E-state index in [2.05, 4.69) is 31.5 Å². The summed E-state index contributed by atoms with van der Waals surface area (Å²) in [4.78, 5) is 4.26. The predicted octanol–water partition coefficient (Wildman–Crippen LogP) is 2.60. The second-order valence-electron chi connectivity index (χ2n) is 3.69. The van der Waals surface area contributed by atoms with E-state index in [9.17, 15) is 0 Å². The molecule has 0 aliphatic heterocycles. The van der Waals surface area contributed by atoms with Gasteiger partial charge in [-0.1, -0.05) is 0 Å². The molecule has 15 heavy (non-hydrogen) atoms. The molecule has 0 bridgehead atoms. The van der Waals surface area contributed by atoms with Crippen LogP contribution in [0.1, 0.15) is 18.4 Å². The summed E-state index contributed by atoms with van der Waals surface area (Å²) in [7, 11) is 0. The first kappa shape index (κ1) is 10.8. The Morgan fingerprint density at radius 3 is 2.93 bits per heavy atom. The molecule has 1 aliphatic rings. The predicted molar refractivity (Wildman–Crippen MR) is 69.1 cm³/mol. The highest BCUT2D eigenvalue weighted by atomic mass is 79.9. The first-order valence-corrected chi connectivity index (χ1v) is 6.05. The summed E-state index contributed by atoms with van der Waals surface area (Å²) in [6, 6.07) is 2.58. The highest BCUT2D eigenvalue weighted by molar-refractivity contribution is 9.10. The van der Waals surface area contributed by atoms with Crippen molar-refractivity contribution in [2.75, 3.05) is 5.32 Å². The third-order valence-electron chi connectivity index (χ3n) is 2.19. The molecule has 0 spiro atoms. The Morgan fingerprint density at radius 2 is 2.33 bits per heavy atom. The van der Waals surface area contributed by atoms with Crippen molar-refractivity contribution in [2.45, 2.75) is 25.8 Å². The number of aryl methyl sites for hydroxylation is 1. The fraction of sp³-hybridized carbons (Fsp3) is 0.400. The number of anilines is 1. The van der Waals surface area contributed by atoms with Gasteiger partial charge in [0.15, 0.2) is 5.11 Å². The second kappa shape index (κ2) is 4.45. The highest BCUT2D eigenvalue weighted by Crippen LogP contribution is 2.20. The number of aromatic nitrogens is 1. The maximum atomic E-state index is 5.17. The van der Waals surface area contributed by atoms with Gasteiger partial charge in [-0.05, 0) is 59.5 Å². The van der Waals surface area contributed by atoms with Crippen LogP contribution in [0.3, 0.4) is 0 Å². The van der Waals surface area contributed by atoms with E-state index >= 15 is 0 Å². The Labute approximate surface area is 103 Å². The van der Waals surface area contributed by atoms with Gasteiger partial charge in [-0.2, -0.15) is 0 Å². The Morgan fingerprint density at radius 1 is 1.60 bits per heavy atom. The van der Waals surface area contributed by atoms with Gasteiger partial charge in [0.1, 0.15) is 5.82 Å². The summed E-state index contributed by atoms with van der Waals surface area (Å²) in [6.45, 7) is 2.00. The Balaban J connectivity index is 1.99. The van der Waals surface area contributed by atoms with Crippen molar-refractivity contribution in [1.29, 1.82) is 0 Å². The highest BCUT2D eigenvalue weighted by Gasteiger charge is 2.21. The maximum Gasteiger partial charge on any atom is 0.172 e. The van der Waals surface area contributed by atoms with Crippen LogP contribution < -0.4 is 10.6 Å². The zero-order chi connectivity index (χ0) is 10.8. The van der Waals surface area contributed by atoms with Gasteiger partial charge in [-0.3, -0.25) is 0 Å². The number of pyridine rings is 1. The number of hydrogen-bond acceptors (Lipinski definition) is 2. The molecular formula is C10H12BrN3S. The smallest absolute Gasteiger partial charge is 0.172 e. The minimum atomic E-state index is 0.570. The zero-order valence-electron chi connectivity index (χ0n) is 8.38. The van der Waals surface area contributed by atoms with E-state index in [0.29, 0.717) is 11.2 Å². The molecule has 0 unspecified atom stereocenters. The number of hydrogen-bond donors (Lipinski definition) is 2. The lowest BCUT2D eigenvalue weighted by Gasteiger charge is -2.10. The summed E-state index contributed by atoms with van der Waals surface area (Å²) >= 11 is 8.54. The van der Waals surface area contributed by atoms with E-state index in [1.165, 1.54) is 12.8 Å². The fourth-order valence-electron chi connectivity index (χ4n) is 1.23. The Hall–Kier alpha value is -0.680. The maximum absolute atomic E-state index is 5.17. The zero-order valence-corrected chi connectivity index (χ0v) is 10.8. The molecule has 1 aromatic rings. The van der Waals surface area contributed by atoms with E-state index in [-0.39, 0.29) is 0 Å². The minimum absolute atomic E-state index is 0.570. The molecule has 1 aromatic heterocycles. The van der Waals surface area contributed by atoms with Crippen LogP contribution in [0.5, 0.6) is 0 Å². The average Bonchev–Trinajstić information content (AvgIpc) is 2.94. The van der Waals surface area contributed by atoms with Crippen molar-refractivity contribution in [1.82, 2.24) is 10.3 Å². The lowest BCUT2D eigenvalue weighted by Crippen LogP contribution is -2.30. The molecule has 0 aromatic carbocycles. The third kappa shape index (κ3) is 3.14. The molecule has 1 aliphatic carbocycles. The summed E-state index contributed by atoms with van der Waals surface area (Å²) in [5.41, 5.74) is 1.07. The average molecular weight is 286 g/mol. The standard InChI is InChI=1S/C10H12BrN3S/c1-6-4-7(11)5-12-9(6)14-10(15)13-8-2-3-8/h4-5,8H,2-3H2,1H3,(H2,12,13,14,15). The minimum Gasteiger partial charge on any atom is -0.360 e. The molecule has 0 atom stereocenters. The third-order valence-corrected chi connectivity index (χ3v) is 2.84. The van der Waals surface area contributed by atoms with E-state index in [1.807, 2.05) is 13.0 Å². The quantitative estimate of drug-likeness (QED) is 0.819. The van der Waals surface area contributed by atoms with Crippen molar-refractivity contribution in [3.05, 3.63) is 22.3 Å². The number of nitrogens with zero attached hydrogens (tertiary/aromatic N) is 1. The first-order valence-electron chi connectivity index (χ1n) is 4.85. The molecule has 3 nitrogen and oxygen atoms in total. The molecule has 2 rings (SSSR count). The fourth-order valence-corrected chi connectivity index (χ4v) is 1.94. The summed E-state index contributed by atoms with van der Waals surface area (Å²) in [5, 5.41) is 6.97. The largest absolute Gasteiger partial charge is 0.360 e. The summed E-state index contributed by atoms with van der Waals surface area (Å²) in [5.74, 6) is 0.816. The number of thiocarbonyl (C=S) groups is 1.